The highest BCUT2D eigenvalue weighted by molar-refractivity contribution is 7.14. The Hall–Kier alpha value is -2.19. The Bertz CT molecular complexity index is 837. The molecule has 1 N–H and O–H groups in total. The van der Waals surface area contributed by atoms with Gasteiger partial charge in [-0.2, -0.15) is 5.10 Å². The maximum atomic E-state index is 13.0. The van der Waals surface area contributed by atoms with Crippen molar-refractivity contribution in [3.63, 3.8) is 0 Å². The summed E-state index contributed by atoms with van der Waals surface area (Å²) in [6.07, 6.45) is 6.35. The maximum absolute atomic E-state index is 13.0. The zero-order valence-corrected chi connectivity index (χ0v) is 16.1. The second kappa shape index (κ2) is 7.09. The van der Waals surface area contributed by atoms with Crippen LogP contribution in [-0.2, 0) is 21.6 Å². The van der Waals surface area contributed by atoms with E-state index in [0.29, 0.717) is 43.8 Å². The maximum Gasteiger partial charge on any atom is 0.345 e. The quantitative estimate of drug-likeness (QED) is 0.869. The van der Waals surface area contributed by atoms with Crippen LogP contribution in [0, 0.1) is 0 Å². The van der Waals surface area contributed by atoms with Crippen LogP contribution in [0.25, 0.3) is 0 Å². The summed E-state index contributed by atoms with van der Waals surface area (Å²) < 4.78 is 7.89. The molecule has 0 aliphatic carbocycles. The van der Waals surface area contributed by atoms with Crippen molar-refractivity contribution in [3.05, 3.63) is 39.8 Å². The Morgan fingerprint density at radius 1 is 1.41 bits per heavy atom. The van der Waals surface area contributed by atoms with Crippen molar-refractivity contribution in [2.24, 2.45) is 0 Å². The predicted octanol–water partition coefficient (Wildman–Crippen LogP) is 2.68. The van der Waals surface area contributed by atoms with E-state index in [4.69, 9.17) is 4.74 Å². The fraction of sp³-hybridized carbons (Fsp3) is 0.526. The first kappa shape index (κ1) is 18.2. The van der Waals surface area contributed by atoms with Gasteiger partial charge in [-0.25, -0.2) is 4.79 Å². The lowest BCUT2D eigenvalue weighted by Crippen LogP contribution is -2.49. The van der Waals surface area contributed by atoms with Gasteiger partial charge in [0.15, 0.2) is 0 Å². The number of carboxylic acid groups (broad SMARTS) is 1. The molecule has 1 amide bonds. The first-order valence-corrected chi connectivity index (χ1v) is 10.1. The number of aromatic nitrogens is 2. The molecule has 0 radical (unpaired) electrons. The van der Waals surface area contributed by atoms with Crippen LogP contribution in [0.2, 0.25) is 0 Å². The van der Waals surface area contributed by atoms with Crippen LogP contribution in [0.3, 0.4) is 0 Å². The molecule has 8 heteroatoms. The molecule has 4 heterocycles. The number of carbonyl (C=O) groups excluding carboxylic acids is 1. The molecule has 27 heavy (non-hydrogen) atoms. The highest BCUT2D eigenvalue weighted by atomic mass is 32.1. The number of hydrogen-bond donors (Lipinski definition) is 1. The fourth-order valence-corrected chi connectivity index (χ4v) is 5.24. The number of carbonyl (C=O) groups is 2. The molecular weight excluding hydrogens is 366 g/mol. The van der Waals surface area contributed by atoms with E-state index < -0.39 is 11.6 Å². The van der Waals surface area contributed by atoms with Gasteiger partial charge in [-0.05, 0) is 37.0 Å². The molecule has 4 rings (SSSR count). The molecule has 2 aromatic heterocycles. The molecule has 1 atom stereocenters. The van der Waals surface area contributed by atoms with Gasteiger partial charge in [-0.3, -0.25) is 9.48 Å². The van der Waals surface area contributed by atoms with Crippen LogP contribution in [0.1, 0.15) is 52.3 Å². The third-order valence-electron chi connectivity index (χ3n) is 5.62. The van der Waals surface area contributed by atoms with Crippen LogP contribution in [0.5, 0.6) is 0 Å². The number of carboxylic acids is 1. The van der Waals surface area contributed by atoms with Gasteiger partial charge in [-0.1, -0.05) is 6.92 Å². The molecule has 1 saturated heterocycles. The Morgan fingerprint density at radius 2 is 2.19 bits per heavy atom. The van der Waals surface area contributed by atoms with Crippen LogP contribution >= 0.6 is 11.3 Å². The molecule has 2 aliphatic rings. The molecule has 7 nitrogen and oxygen atoms in total. The van der Waals surface area contributed by atoms with E-state index in [1.165, 1.54) is 11.3 Å². The predicted molar refractivity (Wildman–Crippen MR) is 100.0 cm³/mol. The van der Waals surface area contributed by atoms with E-state index in [0.717, 1.165) is 16.9 Å². The number of thiophene rings is 1. The normalized spacial score (nSPS) is 19.7. The van der Waals surface area contributed by atoms with E-state index in [9.17, 15) is 14.7 Å². The molecule has 1 unspecified atom stereocenters. The zero-order valence-electron chi connectivity index (χ0n) is 15.3. The Kier molecular flexibility index (Phi) is 4.77. The molecule has 0 aromatic carbocycles. The minimum atomic E-state index is -0.887. The zero-order chi connectivity index (χ0) is 19.0. The van der Waals surface area contributed by atoms with Crippen LogP contribution in [-0.4, -0.2) is 51.4 Å². The molecule has 2 aromatic rings. The Balaban J connectivity index is 1.51. The number of aromatic carboxylic acids is 1. The third kappa shape index (κ3) is 3.17. The van der Waals surface area contributed by atoms with E-state index in [1.54, 1.807) is 16.9 Å². The second-order valence-electron chi connectivity index (χ2n) is 7.08. The molecule has 2 aliphatic heterocycles. The van der Waals surface area contributed by atoms with Gasteiger partial charge in [0.05, 0.1) is 12.2 Å². The van der Waals surface area contributed by atoms with Gasteiger partial charge in [0.25, 0.3) is 0 Å². The van der Waals surface area contributed by atoms with E-state index in [2.05, 4.69) is 5.10 Å². The summed E-state index contributed by atoms with van der Waals surface area (Å²) >= 11 is 1.35. The van der Waals surface area contributed by atoms with Crippen LogP contribution < -0.4 is 0 Å². The van der Waals surface area contributed by atoms with Gasteiger partial charge in [-0.15, -0.1) is 11.3 Å². The molecular formula is C19H23N3O4S. The summed E-state index contributed by atoms with van der Waals surface area (Å²) in [6, 6.07) is 3.32. The van der Waals surface area contributed by atoms with Crippen molar-refractivity contribution in [2.75, 3.05) is 19.7 Å². The Labute approximate surface area is 161 Å². The van der Waals surface area contributed by atoms with Crippen molar-refractivity contribution in [1.29, 1.82) is 0 Å². The van der Waals surface area contributed by atoms with Crippen LogP contribution in [0.15, 0.2) is 24.5 Å². The van der Waals surface area contributed by atoms with Gasteiger partial charge < -0.3 is 14.7 Å². The molecule has 144 valence electrons. The average molecular weight is 389 g/mol. The summed E-state index contributed by atoms with van der Waals surface area (Å²) in [4.78, 5) is 27.7. The van der Waals surface area contributed by atoms with Crippen LogP contribution in [0.4, 0.5) is 0 Å². The highest BCUT2D eigenvalue weighted by Crippen LogP contribution is 2.44. The topological polar surface area (TPSA) is 84.7 Å². The summed E-state index contributed by atoms with van der Waals surface area (Å²) in [7, 11) is 0. The number of amides is 1. The summed E-state index contributed by atoms with van der Waals surface area (Å²) in [6.45, 7) is 3.80. The first-order valence-electron chi connectivity index (χ1n) is 9.32. The standard InChI is InChI=1S/C19H23N3O4S/c1-2-14(22-8-3-7-20-22)17(23)21-9-5-19(6-10-21)13-12-16(18(24)25)27-15(13)4-11-26-19/h3,7-8,12,14H,2,4-6,9-11H2,1H3,(H,24,25). The number of likely N-dealkylation sites (tertiary alicyclic amines) is 1. The lowest BCUT2D eigenvalue weighted by Gasteiger charge is -2.44. The molecule has 1 fully saturated rings. The van der Waals surface area contributed by atoms with Crippen molar-refractivity contribution in [3.8, 4) is 0 Å². The van der Waals surface area contributed by atoms with Crippen molar-refractivity contribution >= 4 is 23.2 Å². The molecule has 0 saturated carbocycles. The van der Waals surface area contributed by atoms with E-state index in [-0.39, 0.29) is 11.9 Å². The SMILES string of the molecule is CCC(C(=O)N1CCC2(CC1)OCCc1sc(C(=O)O)cc12)n1cccn1. The van der Waals surface area contributed by atoms with Crippen molar-refractivity contribution in [2.45, 2.75) is 44.2 Å². The third-order valence-corrected chi connectivity index (χ3v) is 6.80. The first-order chi connectivity index (χ1) is 13.0. The smallest absolute Gasteiger partial charge is 0.345 e. The van der Waals surface area contributed by atoms with Crippen molar-refractivity contribution < 1.29 is 19.4 Å². The second-order valence-corrected chi connectivity index (χ2v) is 8.22. The lowest BCUT2D eigenvalue weighted by atomic mass is 9.82. The van der Waals surface area contributed by atoms with Gasteiger partial charge in [0.1, 0.15) is 10.9 Å². The Morgan fingerprint density at radius 3 is 2.81 bits per heavy atom. The number of hydrogen-bond acceptors (Lipinski definition) is 5. The minimum absolute atomic E-state index is 0.0867. The van der Waals surface area contributed by atoms with Gasteiger partial charge in [0.2, 0.25) is 5.91 Å². The summed E-state index contributed by atoms with van der Waals surface area (Å²) in [5.41, 5.74) is 0.560. The number of nitrogens with zero attached hydrogens (tertiary/aromatic N) is 3. The number of ether oxygens (including phenoxy) is 1. The van der Waals surface area contributed by atoms with E-state index in [1.807, 2.05) is 24.1 Å². The fourth-order valence-electron chi connectivity index (χ4n) is 4.17. The number of piperidine rings is 1. The summed E-state index contributed by atoms with van der Waals surface area (Å²) in [5, 5.41) is 13.5. The largest absolute Gasteiger partial charge is 0.477 e. The number of rotatable bonds is 4. The highest BCUT2D eigenvalue weighted by Gasteiger charge is 2.43. The summed E-state index contributed by atoms with van der Waals surface area (Å²) in [5.74, 6) is -0.800. The lowest BCUT2D eigenvalue weighted by molar-refractivity contribution is -0.144. The monoisotopic (exact) mass is 389 g/mol. The van der Waals surface area contributed by atoms with Gasteiger partial charge in [0, 0.05) is 36.8 Å². The van der Waals surface area contributed by atoms with E-state index >= 15 is 0 Å². The average Bonchev–Trinajstić information content (AvgIpc) is 3.33. The minimum Gasteiger partial charge on any atom is -0.477 e. The molecule has 0 bridgehead atoms. The van der Waals surface area contributed by atoms with Gasteiger partial charge >= 0.3 is 5.97 Å². The van der Waals surface area contributed by atoms with Crippen molar-refractivity contribution in [1.82, 2.24) is 14.7 Å². The molecule has 1 spiro atoms. The number of fused-ring (bicyclic) bond motifs is 2.